The first kappa shape index (κ1) is 13.5. The number of hydrogen-bond donors (Lipinski definition) is 2. The Hall–Kier alpha value is -0.970. The molecular formula is C14H20FNO2. The van der Waals surface area contributed by atoms with Gasteiger partial charge in [0.2, 0.25) is 0 Å². The van der Waals surface area contributed by atoms with Crippen molar-refractivity contribution in [1.29, 1.82) is 0 Å². The second-order valence-electron chi connectivity index (χ2n) is 4.92. The van der Waals surface area contributed by atoms with Crippen LogP contribution in [0.5, 0.6) is 0 Å². The van der Waals surface area contributed by atoms with Gasteiger partial charge >= 0.3 is 0 Å². The lowest BCUT2D eigenvalue weighted by Crippen LogP contribution is -2.43. The first-order valence-electron chi connectivity index (χ1n) is 6.38. The SMILES string of the molecule is CCO[C@@H]1C[C@@H](CO)[C@](N)(c2ccccc2F)C1. The first-order chi connectivity index (χ1) is 8.61. The Bertz CT molecular complexity index is 413. The molecule has 3 atom stereocenters. The summed E-state index contributed by atoms with van der Waals surface area (Å²) >= 11 is 0. The van der Waals surface area contributed by atoms with E-state index in [-0.39, 0.29) is 24.4 Å². The molecule has 3 N–H and O–H groups in total. The highest BCUT2D eigenvalue weighted by atomic mass is 19.1. The van der Waals surface area contributed by atoms with E-state index in [1.807, 2.05) is 6.92 Å². The normalized spacial score (nSPS) is 31.8. The number of aliphatic hydroxyl groups excluding tert-OH is 1. The lowest BCUT2D eigenvalue weighted by Gasteiger charge is -2.31. The molecule has 1 aliphatic rings. The Labute approximate surface area is 107 Å². The number of hydrogen-bond acceptors (Lipinski definition) is 3. The summed E-state index contributed by atoms with van der Waals surface area (Å²) in [7, 11) is 0. The minimum Gasteiger partial charge on any atom is -0.396 e. The maximum absolute atomic E-state index is 13.9. The first-order valence-corrected chi connectivity index (χ1v) is 6.38. The molecule has 1 aliphatic carbocycles. The van der Waals surface area contributed by atoms with Gasteiger partial charge in [0.15, 0.2) is 0 Å². The fourth-order valence-electron chi connectivity index (χ4n) is 2.92. The highest BCUT2D eigenvalue weighted by Gasteiger charge is 2.46. The van der Waals surface area contributed by atoms with Crippen molar-refractivity contribution in [2.24, 2.45) is 11.7 Å². The molecule has 3 nitrogen and oxygen atoms in total. The molecular weight excluding hydrogens is 233 g/mol. The van der Waals surface area contributed by atoms with E-state index in [4.69, 9.17) is 10.5 Å². The van der Waals surface area contributed by atoms with Crippen LogP contribution in [0.3, 0.4) is 0 Å². The minimum absolute atomic E-state index is 0.00300. The second-order valence-corrected chi connectivity index (χ2v) is 4.92. The largest absolute Gasteiger partial charge is 0.396 e. The van der Waals surface area contributed by atoms with Crippen molar-refractivity contribution in [2.75, 3.05) is 13.2 Å². The van der Waals surface area contributed by atoms with Gasteiger partial charge in [-0.3, -0.25) is 0 Å². The van der Waals surface area contributed by atoms with E-state index in [0.717, 1.165) is 0 Å². The number of ether oxygens (including phenoxy) is 1. The molecule has 0 spiro atoms. The average molecular weight is 253 g/mol. The number of benzene rings is 1. The van der Waals surface area contributed by atoms with E-state index in [1.54, 1.807) is 18.2 Å². The molecule has 1 aromatic rings. The number of aliphatic hydroxyl groups is 1. The van der Waals surface area contributed by atoms with Crippen molar-refractivity contribution < 1.29 is 14.2 Å². The van der Waals surface area contributed by atoms with Gasteiger partial charge in [-0.15, -0.1) is 0 Å². The van der Waals surface area contributed by atoms with Crippen LogP contribution in [0.15, 0.2) is 24.3 Å². The Morgan fingerprint density at radius 1 is 1.50 bits per heavy atom. The summed E-state index contributed by atoms with van der Waals surface area (Å²) in [5.74, 6) is -0.471. The van der Waals surface area contributed by atoms with Crippen LogP contribution in [-0.2, 0) is 10.3 Å². The third kappa shape index (κ3) is 2.28. The van der Waals surface area contributed by atoms with Crippen LogP contribution < -0.4 is 5.73 Å². The van der Waals surface area contributed by atoms with Crippen LogP contribution in [0.4, 0.5) is 4.39 Å². The Kier molecular flexibility index (Phi) is 4.00. The molecule has 1 aromatic carbocycles. The molecule has 0 amide bonds. The van der Waals surface area contributed by atoms with Gasteiger partial charge in [-0.1, -0.05) is 18.2 Å². The van der Waals surface area contributed by atoms with Crippen molar-refractivity contribution in [2.45, 2.75) is 31.4 Å². The van der Waals surface area contributed by atoms with Crippen LogP contribution in [0.2, 0.25) is 0 Å². The summed E-state index contributed by atoms with van der Waals surface area (Å²) in [5, 5.41) is 9.48. The van der Waals surface area contributed by atoms with Crippen molar-refractivity contribution >= 4 is 0 Å². The fourth-order valence-corrected chi connectivity index (χ4v) is 2.92. The Morgan fingerprint density at radius 2 is 2.22 bits per heavy atom. The molecule has 0 bridgehead atoms. The average Bonchev–Trinajstić information content (AvgIpc) is 2.67. The van der Waals surface area contributed by atoms with Crippen LogP contribution in [-0.4, -0.2) is 24.4 Å². The molecule has 4 heteroatoms. The van der Waals surface area contributed by atoms with E-state index in [9.17, 15) is 9.50 Å². The zero-order valence-electron chi connectivity index (χ0n) is 10.6. The molecule has 0 aromatic heterocycles. The van der Waals surface area contributed by atoms with Gasteiger partial charge in [0.1, 0.15) is 5.82 Å². The van der Waals surface area contributed by atoms with Crippen molar-refractivity contribution in [3.05, 3.63) is 35.6 Å². The number of rotatable bonds is 4. The molecule has 100 valence electrons. The van der Waals surface area contributed by atoms with Crippen molar-refractivity contribution in [1.82, 2.24) is 0 Å². The quantitative estimate of drug-likeness (QED) is 0.860. The van der Waals surface area contributed by atoms with Crippen LogP contribution in [0.25, 0.3) is 0 Å². The summed E-state index contributed by atoms with van der Waals surface area (Å²) in [4.78, 5) is 0. The smallest absolute Gasteiger partial charge is 0.128 e. The van der Waals surface area contributed by atoms with E-state index < -0.39 is 5.54 Å². The lowest BCUT2D eigenvalue weighted by atomic mass is 9.81. The monoisotopic (exact) mass is 253 g/mol. The van der Waals surface area contributed by atoms with Gasteiger partial charge in [0.05, 0.1) is 11.6 Å². The molecule has 0 radical (unpaired) electrons. The Morgan fingerprint density at radius 3 is 2.83 bits per heavy atom. The van der Waals surface area contributed by atoms with Gasteiger partial charge in [-0.25, -0.2) is 4.39 Å². The van der Waals surface area contributed by atoms with Crippen molar-refractivity contribution in [3.8, 4) is 0 Å². The maximum Gasteiger partial charge on any atom is 0.128 e. The van der Waals surface area contributed by atoms with Gasteiger partial charge in [0, 0.05) is 24.7 Å². The van der Waals surface area contributed by atoms with Gasteiger partial charge < -0.3 is 15.6 Å². The summed E-state index contributed by atoms with van der Waals surface area (Å²) in [6.45, 7) is 2.48. The molecule has 2 rings (SSSR count). The standard InChI is InChI=1S/C14H20FNO2/c1-2-18-11-7-10(9-17)14(16,8-11)12-5-3-4-6-13(12)15/h3-6,10-11,17H,2,7-9,16H2,1H3/t10-,11+,14-/m0/s1. The lowest BCUT2D eigenvalue weighted by molar-refractivity contribution is 0.0612. The second kappa shape index (κ2) is 5.34. The molecule has 0 heterocycles. The van der Waals surface area contributed by atoms with Crippen LogP contribution in [0.1, 0.15) is 25.3 Å². The van der Waals surface area contributed by atoms with Gasteiger partial charge in [-0.2, -0.15) is 0 Å². The Balaban J connectivity index is 2.31. The maximum atomic E-state index is 13.9. The molecule has 0 aliphatic heterocycles. The summed E-state index contributed by atoms with van der Waals surface area (Å²) in [6, 6.07) is 6.53. The third-order valence-electron chi connectivity index (χ3n) is 3.84. The van der Waals surface area contributed by atoms with Crippen molar-refractivity contribution in [3.63, 3.8) is 0 Å². The summed E-state index contributed by atoms with van der Waals surface area (Å²) < 4.78 is 19.5. The predicted octanol–water partition coefficient (Wildman–Crippen LogP) is 1.79. The van der Waals surface area contributed by atoms with E-state index in [0.29, 0.717) is 25.0 Å². The van der Waals surface area contributed by atoms with Gasteiger partial charge in [-0.05, 0) is 25.8 Å². The molecule has 0 unspecified atom stereocenters. The van der Waals surface area contributed by atoms with E-state index in [2.05, 4.69) is 0 Å². The third-order valence-corrected chi connectivity index (χ3v) is 3.84. The summed E-state index contributed by atoms with van der Waals surface area (Å²) in [5.41, 5.74) is 6.02. The highest BCUT2D eigenvalue weighted by Crippen LogP contribution is 2.43. The zero-order chi connectivity index (χ0) is 13.2. The summed E-state index contributed by atoms with van der Waals surface area (Å²) in [6.07, 6.45) is 1.22. The minimum atomic E-state index is -0.833. The molecule has 18 heavy (non-hydrogen) atoms. The van der Waals surface area contributed by atoms with Gasteiger partial charge in [0.25, 0.3) is 0 Å². The molecule has 1 fully saturated rings. The topological polar surface area (TPSA) is 55.5 Å². The fraction of sp³-hybridized carbons (Fsp3) is 0.571. The van der Waals surface area contributed by atoms with E-state index >= 15 is 0 Å². The van der Waals surface area contributed by atoms with Crippen LogP contribution in [0, 0.1) is 11.7 Å². The molecule has 0 saturated heterocycles. The number of halogens is 1. The molecule has 1 saturated carbocycles. The predicted molar refractivity (Wildman–Crippen MR) is 67.5 cm³/mol. The zero-order valence-corrected chi connectivity index (χ0v) is 10.6. The number of nitrogens with two attached hydrogens (primary N) is 1. The highest BCUT2D eigenvalue weighted by molar-refractivity contribution is 5.29. The van der Waals surface area contributed by atoms with E-state index in [1.165, 1.54) is 6.07 Å². The van der Waals surface area contributed by atoms with Crippen LogP contribution >= 0.6 is 0 Å².